The molecule has 0 saturated carbocycles. The van der Waals surface area contributed by atoms with Crippen molar-refractivity contribution in [3.8, 4) is 5.75 Å². The van der Waals surface area contributed by atoms with E-state index < -0.39 is 0 Å². The molecule has 2 unspecified atom stereocenters. The molecule has 0 fully saturated rings. The molecule has 0 bridgehead atoms. The highest BCUT2D eigenvalue weighted by atomic mass is 16.5. The highest BCUT2D eigenvalue weighted by Gasteiger charge is 2.21. The van der Waals surface area contributed by atoms with Gasteiger partial charge >= 0.3 is 0 Å². The van der Waals surface area contributed by atoms with E-state index >= 15 is 0 Å². The fraction of sp³-hybridized carbons (Fsp3) is 0.429. The number of rotatable bonds is 8. The van der Waals surface area contributed by atoms with Crippen LogP contribution in [0.4, 0.5) is 0 Å². The summed E-state index contributed by atoms with van der Waals surface area (Å²) in [5.41, 5.74) is 0.910. The van der Waals surface area contributed by atoms with Crippen LogP contribution in [-0.4, -0.2) is 33.3 Å². The molecule has 18 heavy (non-hydrogen) atoms. The summed E-state index contributed by atoms with van der Waals surface area (Å²) < 4.78 is 5.08. The number of methoxy groups -OCH3 is 1. The van der Waals surface area contributed by atoms with Crippen molar-refractivity contribution in [3.05, 3.63) is 29.8 Å². The van der Waals surface area contributed by atoms with Gasteiger partial charge in [0.2, 0.25) is 0 Å². The number of carbonyl (C=O) groups excluding carboxylic acids is 2. The van der Waals surface area contributed by atoms with Gasteiger partial charge < -0.3 is 19.6 Å². The summed E-state index contributed by atoms with van der Waals surface area (Å²) in [7, 11) is 3.41. The Hall–Kier alpha value is -1.68. The first-order valence-corrected chi connectivity index (χ1v) is 5.94. The molecule has 0 aliphatic rings. The normalized spacial score (nSPS) is 13.7. The van der Waals surface area contributed by atoms with Gasteiger partial charge in [-0.05, 0) is 37.2 Å². The maximum Gasteiger partial charge on any atom is 0.127 e. The molecule has 0 radical (unpaired) electrons. The predicted octanol–water partition coefficient (Wildman–Crippen LogP) is 1.40. The third-order valence-electron chi connectivity index (χ3n) is 3.02. The number of hydrogen-bond donors (Lipinski definition) is 1. The first kappa shape index (κ1) is 14.4. The molecule has 0 amide bonds. The van der Waals surface area contributed by atoms with Gasteiger partial charge in [-0.1, -0.05) is 12.1 Å². The van der Waals surface area contributed by atoms with Crippen LogP contribution >= 0.6 is 0 Å². The van der Waals surface area contributed by atoms with Crippen molar-refractivity contribution < 1.29 is 14.3 Å². The van der Waals surface area contributed by atoms with Gasteiger partial charge in [-0.3, -0.25) is 0 Å². The first-order chi connectivity index (χ1) is 8.76. The topological polar surface area (TPSA) is 55.4 Å². The van der Waals surface area contributed by atoms with Gasteiger partial charge in [0.25, 0.3) is 0 Å². The van der Waals surface area contributed by atoms with Gasteiger partial charge in [0, 0.05) is 12.3 Å². The minimum Gasteiger partial charge on any atom is -0.497 e. The molecule has 4 heteroatoms. The fourth-order valence-corrected chi connectivity index (χ4v) is 2.03. The lowest BCUT2D eigenvalue weighted by Crippen LogP contribution is -2.26. The van der Waals surface area contributed by atoms with Crippen LogP contribution in [0.5, 0.6) is 5.75 Å². The number of aldehydes is 2. The third-order valence-corrected chi connectivity index (χ3v) is 3.02. The molecule has 1 aromatic carbocycles. The van der Waals surface area contributed by atoms with E-state index in [0.29, 0.717) is 13.0 Å². The van der Waals surface area contributed by atoms with E-state index in [1.54, 1.807) is 7.11 Å². The van der Waals surface area contributed by atoms with Crippen molar-refractivity contribution in [2.75, 3.05) is 20.7 Å². The van der Waals surface area contributed by atoms with Crippen LogP contribution in [0, 0.1) is 5.92 Å². The third kappa shape index (κ3) is 3.67. The Morgan fingerprint density at radius 1 is 1.28 bits per heavy atom. The number of hydrogen-bond acceptors (Lipinski definition) is 4. The lowest BCUT2D eigenvalue weighted by Gasteiger charge is -2.21. The van der Waals surface area contributed by atoms with E-state index in [4.69, 9.17) is 4.74 Å². The van der Waals surface area contributed by atoms with Crippen LogP contribution in [0.3, 0.4) is 0 Å². The van der Waals surface area contributed by atoms with Gasteiger partial charge in [0.15, 0.2) is 0 Å². The van der Waals surface area contributed by atoms with E-state index in [-0.39, 0.29) is 11.8 Å². The van der Waals surface area contributed by atoms with E-state index in [9.17, 15) is 9.59 Å². The lowest BCUT2D eigenvalue weighted by atomic mass is 9.85. The van der Waals surface area contributed by atoms with Crippen LogP contribution in [0.15, 0.2) is 24.3 Å². The minimum atomic E-state index is -0.270. The molecule has 98 valence electrons. The molecule has 0 aromatic heterocycles. The van der Waals surface area contributed by atoms with Crippen molar-refractivity contribution in [1.82, 2.24) is 5.32 Å². The van der Waals surface area contributed by atoms with Gasteiger partial charge in [-0.25, -0.2) is 0 Å². The SMILES string of the molecule is CNCC(CC=O)C(C=O)c1ccc(OC)cc1. The Morgan fingerprint density at radius 2 is 1.94 bits per heavy atom. The van der Waals surface area contributed by atoms with Crippen molar-refractivity contribution in [2.45, 2.75) is 12.3 Å². The average Bonchev–Trinajstić information content (AvgIpc) is 2.41. The smallest absolute Gasteiger partial charge is 0.127 e. The average molecular weight is 249 g/mol. The molecule has 1 N–H and O–H groups in total. The minimum absolute atomic E-state index is 0.0154. The lowest BCUT2D eigenvalue weighted by molar-refractivity contribution is -0.111. The molecule has 0 saturated heterocycles. The van der Waals surface area contributed by atoms with Crippen molar-refractivity contribution >= 4 is 12.6 Å². The van der Waals surface area contributed by atoms with Gasteiger partial charge in [-0.15, -0.1) is 0 Å². The molecule has 1 aromatic rings. The van der Waals surface area contributed by atoms with Crippen LogP contribution in [0.1, 0.15) is 17.9 Å². The molecular weight excluding hydrogens is 230 g/mol. The van der Waals surface area contributed by atoms with Gasteiger partial charge in [0.1, 0.15) is 18.3 Å². The monoisotopic (exact) mass is 249 g/mol. The number of nitrogens with one attached hydrogen (secondary N) is 1. The molecule has 0 aliphatic carbocycles. The Bertz CT molecular complexity index is 375. The zero-order chi connectivity index (χ0) is 13.4. The van der Waals surface area contributed by atoms with Crippen LogP contribution in [-0.2, 0) is 9.59 Å². The summed E-state index contributed by atoms with van der Waals surface area (Å²) in [5, 5.41) is 3.02. The molecule has 0 heterocycles. The van der Waals surface area contributed by atoms with E-state index in [1.807, 2.05) is 31.3 Å². The van der Waals surface area contributed by atoms with Crippen molar-refractivity contribution in [3.63, 3.8) is 0 Å². The zero-order valence-corrected chi connectivity index (χ0v) is 10.8. The predicted molar refractivity (Wildman–Crippen MR) is 69.9 cm³/mol. The second-order valence-corrected chi connectivity index (χ2v) is 4.16. The molecular formula is C14H19NO3. The quantitative estimate of drug-likeness (QED) is 0.708. The fourth-order valence-electron chi connectivity index (χ4n) is 2.03. The van der Waals surface area contributed by atoms with E-state index in [2.05, 4.69) is 5.32 Å². The Morgan fingerprint density at radius 3 is 2.39 bits per heavy atom. The maximum absolute atomic E-state index is 11.3. The van der Waals surface area contributed by atoms with Crippen LogP contribution in [0.2, 0.25) is 0 Å². The largest absolute Gasteiger partial charge is 0.497 e. The van der Waals surface area contributed by atoms with Crippen molar-refractivity contribution in [1.29, 1.82) is 0 Å². The summed E-state index contributed by atoms with van der Waals surface area (Å²) in [6.45, 7) is 0.633. The van der Waals surface area contributed by atoms with Gasteiger partial charge in [0.05, 0.1) is 7.11 Å². The Labute approximate surface area is 107 Å². The second kappa shape index (κ2) is 7.61. The van der Waals surface area contributed by atoms with E-state index in [1.165, 1.54) is 0 Å². The summed E-state index contributed by atoms with van der Waals surface area (Å²) in [6, 6.07) is 7.38. The van der Waals surface area contributed by atoms with Crippen LogP contribution in [0.25, 0.3) is 0 Å². The molecule has 2 atom stereocenters. The zero-order valence-electron chi connectivity index (χ0n) is 10.8. The number of benzene rings is 1. The summed E-state index contributed by atoms with van der Waals surface area (Å²) >= 11 is 0. The number of ether oxygens (including phenoxy) is 1. The first-order valence-electron chi connectivity index (χ1n) is 5.94. The van der Waals surface area contributed by atoms with Crippen LogP contribution < -0.4 is 10.1 Å². The Kier molecular flexibility index (Phi) is 6.08. The summed E-state index contributed by atoms with van der Waals surface area (Å²) in [5.74, 6) is 0.468. The molecule has 0 aliphatic heterocycles. The van der Waals surface area contributed by atoms with Crippen molar-refractivity contribution in [2.24, 2.45) is 5.92 Å². The summed E-state index contributed by atoms with van der Waals surface area (Å²) in [6.07, 6.45) is 2.14. The molecule has 4 nitrogen and oxygen atoms in total. The highest BCUT2D eigenvalue weighted by Crippen LogP contribution is 2.26. The van der Waals surface area contributed by atoms with E-state index in [0.717, 1.165) is 23.9 Å². The second-order valence-electron chi connectivity index (χ2n) is 4.16. The number of carbonyl (C=O) groups is 2. The summed E-state index contributed by atoms with van der Waals surface area (Å²) in [4.78, 5) is 22.0. The maximum atomic E-state index is 11.3. The van der Waals surface area contributed by atoms with Gasteiger partial charge in [-0.2, -0.15) is 0 Å². The standard InChI is InChI=1S/C14H19NO3/c1-15-9-12(7-8-16)14(10-17)11-3-5-13(18-2)6-4-11/h3-6,8,10,12,14-15H,7,9H2,1-2H3. The Balaban J connectivity index is 2.90. The highest BCUT2D eigenvalue weighted by molar-refractivity contribution is 5.64. The molecule has 0 spiro atoms. The molecule has 1 rings (SSSR count).